The van der Waals surface area contributed by atoms with Crippen LogP contribution < -0.4 is 26.6 Å². The molecule has 0 spiro atoms. The normalized spacial score (nSPS) is 14.6. The van der Waals surface area contributed by atoms with Crippen molar-refractivity contribution in [3.8, 4) is 0 Å². The van der Waals surface area contributed by atoms with Crippen molar-refractivity contribution in [2.75, 3.05) is 0 Å². The average Bonchev–Trinajstić information content (AvgIpc) is 3.02. The van der Waals surface area contributed by atoms with Crippen LogP contribution in [0.2, 0.25) is 0 Å². The molecule has 266 valence electrons. The fourth-order valence-corrected chi connectivity index (χ4v) is 4.91. The van der Waals surface area contributed by atoms with E-state index in [-0.39, 0.29) is 25.2 Å². The highest BCUT2D eigenvalue weighted by molar-refractivity contribution is 5.97. The average molecular weight is 684 g/mol. The molecule has 0 radical (unpaired) electrons. The van der Waals surface area contributed by atoms with Gasteiger partial charge in [0.1, 0.15) is 30.2 Å². The number of aliphatic hydroxyl groups is 1. The second-order valence-corrected chi connectivity index (χ2v) is 12.1. The van der Waals surface area contributed by atoms with Crippen molar-refractivity contribution < 1.29 is 48.9 Å². The minimum atomic E-state index is -1.71. The summed E-state index contributed by atoms with van der Waals surface area (Å²) in [4.78, 5) is 88.6. The molecule has 8 N–H and O–H groups in total. The highest BCUT2D eigenvalue weighted by atomic mass is 16.4. The Balaban J connectivity index is 2.23. The van der Waals surface area contributed by atoms with E-state index in [4.69, 9.17) is 0 Å². The Hall–Kier alpha value is -5.31. The summed E-state index contributed by atoms with van der Waals surface area (Å²) < 4.78 is 0. The van der Waals surface area contributed by atoms with Gasteiger partial charge in [0.25, 0.3) is 0 Å². The van der Waals surface area contributed by atoms with E-state index >= 15 is 0 Å². The van der Waals surface area contributed by atoms with Crippen molar-refractivity contribution in [3.63, 3.8) is 0 Å². The Morgan fingerprint density at radius 1 is 0.592 bits per heavy atom. The summed E-state index contributed by atoms with van der Waals surface area (Å²) in [7, 11) is 0. The summed E-state index contributed by atoms with van der Waals surface area (Å²) >= 11 is 0. The first kappa shape index (κ1) is 39.9. The lowest BCUT2D eigenvalue weighted by molar-refractivity contribution is -0.143. The van der Waals surface area contributed by atoms with Crippen LogP contribution in [-0.2, 0) is 46.4 Å². The summed E-state index contributed by atoms with van der Waals surface area (Å²) in [6.07, 6.45) is -2.37. The van der Waals surface area contributed by atoms with E-state index in [1.54, 1.807) is 74.5 Å². The van der Waals surface area contributed by atoms with Crippen molar-refractivity contribution in [2.24, 2.45) is 5.92 Å². The second kappa shape index (κ2) is 19.5. The Labute approximate surface area is 284 Å². The minimum Gasteiger partial charge on any atom is -0.481 e. The van der Waals surface area contributed by atoms with Gasteiger partial charge in [-0.05, 0) is 30.4 Å². The zero-order chi connectivity index (χ0) is 36.7. The van der Waals surface area contributed by atoms with Crippen molar-refractivity contribution in [2.45, 2.75) is 89.7 Å². The lowest BCUT2D eigenvalue weighted by Crippen LogP contribution is -2.61. The fourth-order valence-electron chi connectivity index (χ4n) is 4.91. The van der Waals surface area contributed by atoms with E-state index in [0.717, 1.165) is 5.56 Å². The third kappa shape index (κ3) is 14.1. The molecule has 0 saturated heterocycles. The Morgan fingerprint density at radius 3 is 1.49 bits per heavy atom. The van der Waals surface area contributed by atoms with Gasteiger partial charge in [-0.15, -0.1) is 0 Å². The van der Waals surface area contributed by atoms with Crippen molar-refractivity contribution in [1.29, 1.82) is 0 Å². The van der Waals surface area contributed by atoms with E-state index in [9.17, 15) is 48.9 Å². The first-order valence-corrected chi connectivity index (χ1v) is 15.8. The number of carbonyl (C=O) groups is 7. The highest BCUT2D eigenvalue weighted by Gasteiger charge is 2.35. The molecule has 0 aliphatic rings. The molecule has 6 atom stereocenters. The third-order valence-corrected chi connectivity index (χ3v) is 7.29. The van der Waals surface area contributed by atoms with Crippen LogP contribution in [0.25, 0.3) is 0 Å². The van der Waals surface area contributed by atoms with Crippen molar-refractivity contribution >= 4 is 41.5 Å². The summed E-state index contributed by atoms with van der Waals surface area (Å²) in [6.45, 7) is 5.95. The summed E-state index contributed by atoms with van der Waals surface area (Å²) in [5.41, 5.74) is 1.31. The maximum Gasteiger partial charge on any atom is 0.326 e. The second-order valence-electron chi connectivity index (χ2n) is 12.1. The lowest BCUT2D eigenvalue weighted by atomic mass is 10.0. The predicted molar refractivity (Wildman–Crippen MR) is 177 cm³/mol. The van der Waals surface area contributed by atoms with Gasteiger partial charge in [0, 0.05) is 19.8 Å². The number of hydrogen-bond donors (Lipinski definition) is 8. The molecule has 2 aromatic carbocycles. The molecule has 0 unspecified atom stereocenters. The van der Waals surface area contributed by atoms with Gasteiger partial charge in [-0.2, -0.15) is 0 Å². The van der Waals surface area contributed by atoms with Gasteiger partial charge in [-0.3, -0.25) is 28.8 Å². The Kier molecular flexibility index (Phi) is 15.9. The number of nitrogens with one attached hydrogen (secondary N) is 5. The van der Waals surface area contributed by atoms with E-state index in [1.807, 2.05) is 0 Å². The van der Waals surface area contributed by atoms with Crippen LogP contribution >= 0.6 is 0 Å². The molecule has 0 fully saturated rings. The Bertz CT molecular complexity index is 1450. The van der Waals surface area contributed by atoms with Crippen molar-refractivity contribution in [1.82, 2.24) is 26.6 Å². The number of rotatable bonds is 19. The van der Waals surface area contributed by atoms with Gasteiger partial charge in [0.05, 0.1) is 12.5 Å². The first-order chi connectivity index (χ1) is 23.1. The quantitative estimate of drug-likeness (QED) is 0.0978. The number of aliphatic carboxylic acids is 2. The molecule has 15 nitrogen and oxygen atoms in total. The van der Waals surface area contributed by atoms with Gasteiger partial charge >= 0.3 is 11.9 Å². The zero-order valence-corrected chi connectivity index (χ0v) is 27.8. The van der Waals surface area contributed by atoms with E-state index in [0.29, 0.717) is 5.56 Å². The van der Waals surface area contributed by atoms with Crippen LogP contribution in [0.5, 0.6) is 0 Å². The minimum absolute atomic E-state index is 0.00768. The van der Waals surface area contributed by atoms with Crippen LogP contribution in [0.3, 0.4) is 0 Å². The van der Waals surface area contributed by atoms with Gasteiger partial charge in [0.2, 0.25) is 29.5 Å². The number of carbonyl (C=O) groups excluding carboxylic acids is 5. The molecule has 0 saturated carbocycles. The molecule has 2 aromatic rings. The molecule has 2 rings (SSSR count). The summed E-state index contributed by atoms with van der Waals surface area (Å²) in [6, 6.07) is 10.0. The van der Waals surface area contributed by atoms with Gasteiger partial charge in [-0.25, -0.2) is 4.79 Å². The number of carboxylic acids is 2. The zero-order valence-electron chi connectivity index (χ0n) is 27.8. The predicted octanol–water partition coefficient (Wildman–Crippen LogP) is -0.0981. The van der Waals surface area contributed by atoms with E-state index in [2.05, 4.69) is 26.6 Å². The molecule has 15 heteroatoms. The SMILES string of the molecule is CC(=O)N[C@@H](Cc1ccccc1)C(=O)N[C@H](C(=O)N[C@@H](CC(C)C)C(=O)N[C@@H](CC(=O)O)C(=O)N[C@@H](Cc1ccccc1)C(=O)O)[C@H](C)O. The first-order valence-electron chi connectivity index (χ1n) is 15.8. The smallest absolute Gasteiger partial charge is 0.326 e. The number of hydrogen-bond acceptors (Lipinski definition) is 8. The van der Waals surface area contributed by atoms with Gasteiger partial charge in [-0.1, -0.05) is 74.5 Å². The Morgan fingerprint density at radius 2 is 1.04 bits per heavy atom. The molecular weight excluding hydrogens is 638 g/mol. The summed E-state index contributed by atoms with van der Waals surface area (Å²) in [5.74, 6) is -7.29. The standard InChI is InChI=1S/C34H45N5O10/c1-19(2)15-24(30(44)36-26(18-28(42)43)31(45)38-27(34(48)49)17-23-13-9-6-10-14-23)37-33(47)29(20(3)40)39-32(46)25(35-21(4)41)16-22-11-7-5-8-12-22/h5-14,19-20,24-27,29,40H,15-18H2,1-4H3,(H,35,41)(H,36,44)(H,37,47)(H,38,45)(H,39,46)(H,42,43)(H,48,49)/t20-,24-,25-,26-,27-,29-/m0/s1. The number of benzene rings is 2. The van der Waals surface area contributed by atoms with Crippen LogP contribution in [0, 0.1) is 5.92 Å². The highest BCUT2D eigenvalue weighted by Crippen LogP contribution is 2.10. The van der Waals surface area contributed by atoms with Crippen molar-refractivity contribution in [3.05, 3.63) is 71.8 Å². The molecular formula is C34H45N5O10. The molecule has 5 amide bonds. The largest absolute Gasteiger partial charge is 0.481 e. The number of aliphatic hydroxyl groups excluding tert-OH is 1. The molecule has 49 heavy (non-hydrogen) atoms. The topological polar surface area (TPSA) is 240 Å². The third-order valence-electron chi connectivity index (χ3n) is 7.29. The monoisotopic (exact) mass is 683 g/mol. The number of amides is 5. The molecule has 0 aliphatic heterocycles. The molecule has 0 aromatic heterocycles. The number of carboxylic acid groups (broad SMARTS) is 2. The maximum atomic E-state index is 13.5. The van der Waals surface area contributed by atoms with Crippen LogP contribution in [-0.4, -0.2) is 93.1 Å². The van der Waals surface area contributed by atoms with Gasteiger partial charge in [0.15, 0.2) is 0 Å². The lowest BCUT2D eigenvalue weighted by Gasteiger charge is -2.28. The molecule has 0 aliphatic carbocycles. The van der Waals surface area contributed by atoms with Crippen LogP contribution in [0.4, 0.5) is 0 Å². The van der Waals surface area contributed by atoms with Crippen LogP contribution in [0.1, 0.15) is 51.7 Å². The molecule has 0 bridgehead atoms. The fraction of sp³-hybridized carbons (Fsp3) is 0.441. The van der Waals surface area contributed by atoms with E-state index in [1.165, 1.54) is 13.8 Å². The van der Waals surface area contributed by atoms with E-state index < -0.39 is 84.2 Å². The maximum absolute atomic E-state index is 13.5. The van der Waals surface area contributed by atoms with Crippen LogP contribution in [0.15, 0.2) is 60.7 Å². The van der Waals surface area contributed by atoms with Gasteiger partial charge < -0.3 is 41.9 Å². The molecule has 0 heterocycles. The summed E-state index contributed by atoms with van der Waals surface area (Å²) in [5, 5.41) is 41.6.